The number of carbonyl (C=O) groups is 1. The third-order valence-corrected chi connectivity index (χ3v) is 4.38. The number of rotatable bonds is 4. The maximum atomic E-state index is 12.7. The SMILES string of the molecule is C=CCN(C(=O)Nc1cccc2ccccc12)C1CCCC1. The van der Waals surface area contributed by atoms with Crippen molar-refractivity contribution in [1.82, 2.24) is 4.90 Å². The van der Waals surface area contributed by atoms with E-state index in [-0.39, 0.29) is 6.03 Å². The topological polar surface area (TPSA) is 32.3 Å². The fourth-order valence-corrected chi connectivity index (χ4v) is 3.27. The van der Waals surface area contributed by atoms with Crippen molar-refractivity contribution >= 4 is 22.5 Å². The molecule has 1 aliphatic rings. The molecule has 2 aromatic rings. The molecule has 3 nitrogen and oxygen atoms in total. The first-order valence-corrected chi connectivity index (χ1v) is 7.96. The van der Waals surface area contributed by atoms with E-state index in [1.807, 2.05) is 35.2 Å². The first-order valence-electron chi connectivity index (χ1n) is 7.96. The minimum Gasteiger partial charge on any atom is -0.318 e. The summed E-state index contributed by atoms with van der Waals surface area (Å²) in [4.78, 5) is 14.6. The molecule has 0 atom stereocenters. The van der Waals surface area contributed by atoms with Crippen molar-refractivity contribution < 1.29 is 4.79 Å². The number of carbonyl (C=O) groups excluding carboxylic acids is 1. The maximum Gasteiger partial charge on any atom is 0.322 e. The van der Waals surface area contributed by atoms with Crippen LogP contribution in [0.25, 0.3) is 10.8 Å². The largest absolute Gasteiger partial charge is 0.322 e. The Bertz CT molecular complexity index is 669. The zero-order chi connectivity index (χ0) is 15.4. The van der Waals surface area contributed by atoms with Gasteiger partial charge in [0.25, 0.3) is 0 Å². The molecule has 114 valence electrons. The van der Waals surface area contributed by atoms with E-state index in [0.29, 0.717) is 12.6 Å². The summed E-state index contributed by atoms with van der Waals surface area (Å²) in [5.74, 6) is 0. The molecule has 0 aromatic heterocycles. The summed E-state index contributed by atoms with van der Waals surface area (Å²) in [5, 5.41) is 5.29. The molecule has 0 saturated heterocycles. The number of nitrogens with zero attached hydrogens (tertiary/aromatic N) is 1. The van der Waals surface area contributed by atoms with Gasteiger partial charge in [-0.1, -0.05) is 55.3 Å². The second-order valence-electron chi connectivity index (χ2n) is 5.84. The number of amides is 2. The van der Waals surface area contributed by atoms with Crippen molar-refractivity contribution in [2.45, 2.75) is 31.7 Å². The molecule has 1 saturated carbocycles. The lowest BCUT2D eigenvalue weighted by atomic mass is 10.1. The molecule has 0 heterocycles. The first kappa shape index (κ1) is 14.6. The Kier molecular flexibility index (Phi) is 4.42. The van der Waals surface area contributed by atoms with Crippen molar-refractivity contribution in [3.63, 3.8) is 0 Å². The number of anilines is 1. The van der Waals surface area contributed by atoms with Crippen molar-refractivity contribution in [1.29, 1.82) is 0 Å². The average molecular weight is 294 g/mol. The monoisotopic (exact) mass is 294 g/mol. The van der Waals surface area contributed by atoms with Gasteiger partial charge < -0.3 is 10.2 Å². The van der Waals surface area contributed by atoms with Crippen LogP contribution in [0.1, 0.15) is 25.7 Å². The zero-order valence-corrected chi connectivity index (χ0v) is 12.8. The number of fused-ring (bicyclic) bond motifs is 1. The minimum absolute atomic E-state index is 0.0249. The summed E-state index contributed by atoms with van der Waals surface area (Å²) in [5.41, 5.74) is 0.871. The summed E-state index contributed by atoms with van der Waals surface area (Å²) < 4.78 is 0. The number of urea groups is 1. The van der Waals surface area contributed by atoms with E-state index in [0.717, 1.165) is 29.3 Å². The smallest absolute Gasteiger partial charge is 0.318 e. The molecule has 22 heavy (non-hydrogen) atoms. The lowest BCUT2D eigenvalue weighted by Gasteiger charge is -2.28. The van der Waals surface area contributed by atoms with Gasteiger partial charge in [-0.3, -0.25) is 0 Å². The van der Waals surface area contributed by atoms with E-state index in [1.165, 1.54) is 12.8 Å². The van der Waals surface area contributed by atoms with E-state index < -0.39 is 0 Å². The van der Waals surface area contributed by atoms with Gasteiger partial charge in [-0.05, 0) is 24.3 Å². The van der Waals surface area contributed by atoms with Gasteiger partial charge in [0.1, 0.15) is 0 Å². The molecule has 2 amide bonds. The van der Waals surface area contributed by atoms with E-state index in [2.05, 4.69) is 24.0 Å². The summed E-state index contributed by atoms with van der Waals surface area (Å²) in [6, 6.07) is 14.4. The van der Waals surface area contributed by atoms with E-state index in [9.17, 15) is 4.79 Å². The van der Waals surface area contributed by atoms with Crippen LogP contribution in [-0.2, 0) is 0 Å². The molecule has 2 aromatic carbocycles. The molecule has 1 aliphatic carbocycles. The van der Waals surface area contributed by atoms with Crippen LogP contribution in [-0.4, -0.2) is 23.5 Å². The molecule has 0 spiro atoms. The lowest BCUT2D eigenvalue weighted by molar-refractivity contribution is 0.196. The van der Waals surface area contributed by atoms with E-state index in [1.54, 1.807) is 6.08 Å². The highest BCUT2D eigenvalue weighted by molar-refractivity contribution is 6.01. The fraction of sp³-hybridized carbons (Fsp3) is 0.316. The Balaban J connectivity index is 1.83. The molecular weight excluding hydrogens is 272 g/mol. The van der Waals surface area contributed by atoms with E-state index in [4.69, 9.17) is 0 Å². The van der Waals surface area contributed by atoms with E-state index >= 15 is 0 Å². The van der Waals surface area contributed by atoms with Crippen LogP contribution in [0.3, 0.4) is 0 Å². The predicted octanol–water partition coefficient (Wildman–Crippen LogP) is 4.80. The third-order valence-electron chi connectivity index (χ3n) is 4.38. The van der Waals surface area contributed by atoms with Gasteiger partial charge in [0.05, 0.1) is 5.69 Å². The van der Waals surface area contributed by atoms with Crippen molar-refractivity contribution in [2.24, 2.45) is 0 Å². The first-order chi connectivity index (χ1) is 10.8. The molecule has 3 rings (SSSR count). The van der Waals surface area contributed by atoms with Crippen molar-refractivity contribution in [3.05, 3.63) is 55.1 Å². The van der Waals surface area contributed by atoms with Crippen LogP contribution in [0.15, 0.2) is 55.1 Å². The summed E-state index contributed by atoms with van der Waals surface area (Å²) in [6.07, 6.45) is 6.41. The Morgan fingerprint density at radius 2 is 1.91 bits per heavy atom. The van der Waals surface area contributed by atoms with Crippen LogP contribution in [0.2, 0.25) is 0 Å². The van der Waals surface area contributed by atoms with Crippen LogP contribution in [0.5, 0.6) is 0 Å². The Morgan fingerprint density at radius 1 is 1.18 bits per heavy atom. The Labute approximate surface area is 131 Å². The van der Waals surface area contributed by atoms with Crippen molar-refractivity contribution in [2.75, 3.05) is 11.9 Å². The molecule has 0 radical (unpaired) electrons. The fourth-order valence-electron chi connectivity index (χ4n) is 3.27. The van der Waals surface area contributed by atoms with Crippen LogP contribution in [0, 0.1) is 0 Å². The standard InChI is InChI=1S/C19H22N2O/c1-2-14-21(16-10-4-5-11-16)19(22)20-18-13-7-9-15-8-3-6-12-17(15)18/h2-3,6-9,12-13,16H,1,4-5,10-11,14H2,(H,20,22). The number of benzene rings is 2. The van der Waals surface area contributed by atoms with Gasteiger partial charge in [0.2, 0.25) is 0 Å². The molecule has 0 unspecified atom stereocenters. The number of hydrogen-bond acceptors (Lipinski definition) is 1. The maximum absolute atomic E-state index is 12.7. The molecule has 3 heteroatoms. The molecule has 0 aliphatic heterocycles. The normalized spacial score (nSPS) is 14.9. The highest BCUT2D eigenvalue weighted by Gasteiger charge is 2.25. The second-order valence-corrected chi connectivity index (χ2v) is 5.84. The van der Waals surface area contributed by atoms with Crippen LogP contribution < -0.4 is 5.32 Å². The van der Waals surface area contributed by atoms with Gasteiger partial charge in [-0.2, -0.15) is 0 Å². The van der Waals surface area contributed by atoms with Gasteiger partial charge in [0, 0.05) is 18.0 Å². The molecule has 1 fully saturated rings. The van der Waals surface area contributed by atoms with Gasteiger partial charge in [-0.25, -0.2) is 4.79 Å². The molecule has 0 bridgehead atoms. The second kappa shape index (κ2) is 6.65. The highest BCUT2D eigenvalue weighted by Crippen LogP contribution is 2.26. The van der Waals surface area contributed by atoms with Crippen molar-refractivity contribution in [3.8, 4) is 0 Å². The van der Waals surface area contributed by atoms with Crippen LogP contribution in [0.4, 0.5) is 10.5 Å². The summed E-state index contributed by atoms with van der Waals surface area (Å²) in [6.45, 7) is 4.39. The average Bonchev–Trinajstić information content (AvgIpc) is 3.07. The Morgan fingerprint density at radius 3 is 2.68 bits per heavy atom. The zero-order valence-electron chi connectivity index (χ0n) is 12.8. The molecular formula is C19H22N2O. The highest BCUT2D eigenvalue weighted by atomic mass is 16.2. The van der Waals surface area contributed by atoms with Crippen LogP contribution >= 0.6 is 0 Å². The van der Waals surface area contributed by atoms with Gasteiger partial charge >= 0.3 is 6.03 Å². The quantitative estimate of drug-likeness (QED) is 0.807. The third kappa shape index (κ3) is 2.98. The summed E-state index contributed by atoms with van der Waals surface area (Å²) >= 11 is 0. The number of nitrogens with one attached hydrogen (secondary N) is 1. The summed E-state index contributed by atoms with van der Waals surface area (Å²) in [7, 11) is 0. The van der Waals surface area contributed by atoms with Gasteiger partial charge in [0.15, 0.2) is 0 Å². The molecule has 1 N–H and O–H groups in total. The predicted molar refractivity (Wildman–Crippen MR) is 92.1 cm³/mol. The Hall–Kier alpha value is -2.29. The minimum atomic E-state index is -0.0249. The number of hydrogen-bond donors (Lipinski definition) is 1. The lowest BCUT2D eigenvalue weighted by Crippen LogP contribution is -2.41. The van der Waals surface area contributed by atoms with Gasteiger partial charge in [-0.15, -0.1) is 6.58 Å².